The van der Waals surface area contributed by atoms with Gasteiger partial charge in [-0.25, -0.2) is 0 Å². The average Bonchev–Trinajstić information content (AvgIpc) is 3.40. The lowest BCUT2D eigenvalue weighted by Crippen LogP contribution is -2.74. The van der Waals surface area contributed by atoms with Gasteiger partial charge in [0.2, 0.25) is 0 Å². The smallest absolute Gasteiger partial charge is 0.308 e. The number of esters is 1. The van der Waals surface area contributed by atoms with Crippen LogP contribution in [0.3, 0.4) is 0 Å². The Morgan fingerprint density at radius 1 is 1.30 bits per heavy atom. The van der Waals surface area contributed by atoms with Gasteiger partial charge in [0.1, 0.15) is 11.6 Å². The van der Waals surface area contributed by atoms with E-state index in [4.69, 9.17) is 14.2 Å². The van der Waals surface area contributed by atoms with Crippen LogP contribution in [0.25, 0.3) is 0 Å². The zero-order valence-corrected chi connectivity index (χ0v) is 18.0. The van der Waals surface area contributed by atoms with Crippen LogP contribution in [0, 0.1) is 12.8 Å². The maximum absolute atomic E-state index is 13.2. The summed E-state index contributed by atoms with van der Waals surface area (Å²) in [6.45, 7) is 8.74. The molecule has 2 saturated carbocycles. The van der Waals surface area contributed by atoms with Gasteiger partial charge < -0.3 is 14.2 Å². The Bertz CT molecular complexity index is 971. The largest absolute Gasteiger partial charge is 0.477 e. The van der Waals surface area contributed by atoms with E-state index in [1.807, 2.05) is 6.07 Å². The fourth-order valence-corrected chi connectivity index (χ4v) is 7.30. The van der Waals surface area contributed by atoms with E-state index >= 15 is 0 Å². The van der Waals surface area contributed by atoms with Crippen molar-refractivity contribution in [2.75, 3.05) is 19.8 Å². The van der Waals surface area contributed by atoms with E-state index in [0.717, 1.165) is 47.6 Å². The normalized spacial score (nSPS) is 41.0. The number of carbonyl (C=O) groups excluding carboxylic acids is 2. The van der Waals surface area contributed by atoms with E-state index < -0.39 is 17.1 Å². The molecule has 3 aliphatic heterocycles. The first kappa shape index (κ1) is 18.8. The molecule has 6 heteroatoms. The molecular formula is C24H30NO5+. The third-order valence-electron chi connectivity index (χ3n) is 8.85. The average molecular weight is 413 g/mol. The van der Waals surface area contributed by atoms with Crippen LogP contribution >= 0.6 is 0 Å². The number of hydrogen-bond donors (Lipinski definition) is 0. The highest BCUT2D eigenvalue weighted by Gasteiger charge is 2.78. The third kappa shape index (κ3) is 2.11. The maximum Gasteiger partial charge on any atom is 0.308 e. The quantitative estimate of drug-likeness (QED) is 0.434. The lowest BCUT2D eigenvalue weighted by molar-refractivity contribution is -0.951. The third-order valence-corrected chi connectivity index (χ3v) is 8.85. The molecule has 2 bridgehead atoms. The molecule has 6 nitrogen and oxygen atoms in total. The fraction of sp³-hybridized carbons (Fsp3) is 0.667. The van der Waals surface area contributed by atoms with Gasteiger partial charge in [-0.05, 0) is 44.7 Å². The molecule has 4 fully saturated rings. The molecule has 2 spiro atoms. The summed E-state index contributed by atoms with van der Waals surface area (Å²) in [6, 6.07) is 4.09. The van der Waals surface area contributed by atoms with Crippen molar-refractivity contribution in [3.63, 3.8) is 0 Å². The molecule has 1 aromatic carbocycles. The van der Waals surface area contributed by atoms with Crippen molar-refractivity contribution in [2.24, 2.45) is 5.92 Å². The van der Waals surface area contributed by atoms with Gasteiger partial charge in [-0.2, -0.15) is 0 Å². The Hall–Kier alpha value is -1.92. The van der Waals surface area contributed by atoms with Crippen molar-refractivity contribution < 1.29 is 28.3 Å². The second-order valence-corrected chi connectivity index (χ2v) is 10.3. The van der Waals surface area contributed by atoms with Gasteiger partial charge in [0, 0.05) is 31.2 Å². The number of fused-ring (bicyclic) bond motifs is 2. The van der Waals surface area contributed by atoms with Gasteiger partial charge in [0.25, 0.3) is 0 Å². The maximum atomic E-state index is 13.2. The highest BCUT2D eigenvalue weighted by Crippen LogP contribution is 2.66. The van der Waals surface area contributed by atoms with Crippen LogP contribution in [0.5, 0.6) is 11.5 Å². The predicted octanol–water partition coefficient (Wildman–Crippen LogP) is 3.03. The van der Waals surface area contributed by atoms with Gasteiger partial charge in [-0.3, -0.25) is 14.1 Å². The van der Waals surface area contributed by atoms with Crippen LogP contribution < -0.4 is 9.47 Å². The minimum absolute atomic E-state index is 0.148. The molecule has 6 rings (SSSR count). The van der Waals surface area contributed by atoms with Crippen LogP contribution in [0.15, 0.2) is 12.1 Å². The van der Waals surface area contributed by atoms with Gasteiger partial charge in [-0.1, -0.05) is 6.07 Å². The highest BCUT2D eigenvalue weighted by molar-refractivity contribution is 5.90. The summed E-state index contributed by atoms with van der Waals surface area (Å²) in [6.07, 6.45) is 4.22. The van der Waals surface area contributed by atoms with Crippen molar-refractivity contribution in [2.45, 2.75) is 76.0 Å². The number of ketones is 1. The first-order chi connectivity index (χ1) is 14.3. The zero-order valence-electron chi connectivity index (χ0n) is 18.0. The first-order valence-electron chi connectivity index (χ1n) is 11.3. The van der Waals surface area contributed by atoms with Crippen LogP contribution in [-0.4, -0.2) is 53.8 Å². The second-order valence-electron chi connectivity index (χ2n) is 10.3. The summed E-state index contributed by atoms with van der Waals surface area (Å²) in [5, 5.41) is 0. The summed E-state index contributed by atoms with van der Waals surface area (Å²) in [7, 11) is 0. The summed E-state index contributed by atoms with van der Waals surface area (Å²) >= 11 is 0. The summed E-state index contributed by atoms with van der Waals surface area (Å²) in [5.41, 5.74) is 1.21. The number of quaternary nitrogens is 1. The van der Waals surface area contributed by atoms with Crippen molar-refractivity contribution >= 4 is 11.8 Å². The summed E-state index contributed by atoms with van der Waals surface area (Å²) < 4.78 is 19.7. The molecule has 0 unspecified atom stereocenters. The number of hydrogen-bond acceptors (Lipinski definition) is 5. The minimum atomic E-state index is -0.555. The van der Waals surface area contributed by atoms with Crippen molar-refractivity contribution in [3.05, 3.63) is 23.3 Å². The highest BCUT2D eigenvalue weighted by atomic mass is 16.6. The van der Waals surface area contributed by atoms with Crippen LogP contribution in [0.2, 0.25) is 0 Å². The lowest BCUT2D eigenvalue weighted by atomic mass is 9.52. The van der Waals surface area contributed by atoms with Gasteiger partial charge >= 0.3 is 5.97 Å². The van der Waals surface area contributed by atoms with Crippen LogP contribution in [-0.2, 0) is 19.7 Å². The van der Waals surface area contributed by atoms with E-state index in [1.54, 1.807) is 6.07 Å². The van der Waals surface area contributed by atoms with E-state index in [0.29, 0.717) is 24.0 Å². The summed E-state index contributed by atoms with van der Waals surface area (Å²) in [4.78, 5) is 24.9. The van der Waals surface area contributed by atoms with Crippen molar-refractivity contribution in [3.8, 4) is 11.5 Å². The SMILES string of the molecule is CC(=O)Oc1ccc(C)c2c1O[C@H]1C(=O)CC[C@]34OC[N@+](CC5CC5)(CC[C@]213)[C@@H]4C. The van der Waals surface area contributed by atoms with Crippen LogP contribution in [0.4, 0.5) is 0 Å². The number of aryl methyl sites for hydroxylation is 1. The summed E-state index contributed by atoms with van der Waals surface area (Å²) in [5.74, 6) is 1.59. The Balaban J connectivity index is 1.54. The van der Waals surface area contributed by atoms with E-state index in [1.165, 1.54) is 26.3 Å². The standard InChI is InChI=1S/C24H30NO5/c1-14-4-7-19(29-16(3)26)21-20(14)23-10-11-25(12-17-5-6-17)13-28-24(23,15(25)2)9-8-18(27)22(23)30-21/h4,7,15,17,22H,5-6,8-13H2,1-3H3/q+1/t15-,22+,23+,24-,25-/m1/s1. The van der Waals surface area contributed by atoms with Crippen molar-refractivity contribution in [1.29, 1.82) is 0 Å². The molecular weight excluding hydrogens is 382 g/mol. The zero-order chi connectivity index (χ0) is 20.9. The number of piperidine rings is 1. The number of Topliss-reactive ketones (excluding diaryl/α,β-unsaturated/α-hetero) is 1. The van der Waals surface area contributed by atoms with Gasteiger partial charge in [-0.15, -0.1) is 0 Å². The number of nitrogens with zero attached hydrogens (tertiary/aromatic N) is 1. The Morgan fingerprint density at radius 3 is 2.83 bits per heavy atom. The Labute approximate surface area is 177 Å². The number of benzene rings is 1. The monoisotopic (exact) mass is 412 g/mol. The molecule has 2 saturated heterocycles. The molecule has 5 aliphatic rings. The van der Waals surface area contributed by atoms with E-state index in [-0.39, 0.29) is 11.8 Å². The van der Waals surface area contributed by atoms with Crippen molar-refractivity contribution in [1.82, 2.24) is 0 Å². The van der Waals surface area contributed by atoms with Crippen LogP contribution in [0.1, 0.15) is 57.1 Å². The number of rotatable bonds is 3. The molecule has 0 amide bonds. The molecule has 2 aliphatic carbocycles. The number of carbonyl (C=O) groups is 2. The topological polar surface area (TPSA) is 61.8 Å². The Kier molecular flexibility index (Phi) is 3.67. The van der Waals surface area contributed by atoms with Gasteiger partial charge in [0.15, 0.2) is 30.1 Å². The molecule has 1 aromatic rings. The molecule has 160 valence electrons. The number of ether oxygens (including phenoxy) is 3. The first-order valence-corrected chi connectivity index (χ1v) is 11.3. The van der Waals surface area contributed by atoms with E-state index in [9.17, 15) is 9.59 Å². The Morgan fingerprint density at radius 2 is 2.10 bits per heavy atom. The predicted molar refractivity (Wildman–Crippen MR) is 108 cm³/mol. The molecule has 30 heavy (non-hydrogen) atoms. The molecule has 0 radical (unpaired) electrons. The van der Waals surface area contributed by atoms with Gasteiger partial charge in [0.05, 0.1) is 18.5 Å². The fourth-order valence-electron chi connectivity index (χ4n) is 7.30. The molecule has 0 aromatic heterocycles. The molecule has 0 N–H and O–H groups in total. The molecule has 5 atom stereocenters. The minimum Gasteiger partial charge on any atom is -0.477 e. The lowest BCUT2D eigenvalue weighted by Gasteiger charge is -2.57. The van der Waals surface area contributed by atoms with E-state index in [2.05, 4.69) is 13.8 Å². The second kappa shape index (κ2) is 5.86. The molecule has 3 heterocycles.